The van der Waals surface area contributed by atoms with Crippen molar-refractivity contribution in [3.63, 3.8) is 0 Å². The minimum absolute atomic E-state index is 0.122. The number of rotatable bonds is 4. The van der Waals surface area contributed by atoms with Gasteiger partial charge in [-0.1, -0.05) is 30.3 Å². The fourth-order valence-electron chi connectivity index (χ4n) is 2.02. The molecular weight excluding hydrogens is 266 g/mol. The molecule has 1 aromatic heterocycles. The van der Waals surface area contributed by atoms with Crippen LogP contribution in [-0.2, 0) is 0 Å². The molecule has 6 nitrogen and oxygen atoms in total. The van der Waals surface area contributed by atoms with Crippen LogP contribution < -0.4 is 15.8 Å². The predicted molar refractivity (Wildman–Crippen MR) is 82.6 cm³/mol. The summed E-state index contributed by atoms with van der Waals surface area (Å²) < 4.78 is 5.25. The number of benzene rings is 2. The van der Waals surface area contributed by atoms with Crippen LogP contribution in [-0.4, -0.2) is 21.6 Å². The van der Waals surface area contributed by atoms with Crippen molar-refractivity contribution >= 4 is 28.4 Å². The number of aromatic nitrogens is 3. The standard InChI is InChI=1S/C15H15N5O/c1-2-21-15-19-13(16)18-14(20-15)17-12-8-7-10-5-3-4-6-11(10)9-12/h3-9H,2H2,1H3,(H3,16,17,18,19,20). The fourth-order valence-corrected chi connectivity index (χ4v) is 2.02. The Hall–Kier alpha value is -2.89. The van der Waals surface area contributed by atoms with E-state index in [9.17, 15) is 0 Å². The molecule has 3 rings (SSSR count). The second-order valence-corrected chi connectivity index (χ2v) is 4.42. The minimum Gasteiger partial charge on any atom is -0.464 e. The summed E-state index contributed by atoms with van der Waals surface area (Å²) in [5.41, 5.74) is 6.53. The van der Waals surface area contributed by atoms with E-state index in [1.165, 1.54) is 5.39 Å². The second kappa shape index (κ2) is 5.62. The SMILES string of the molecule is CCOc1nc(N)nc(Nc2ccc3ccccc3c2)n1. The molecule has 0 aliphatic heterocycles. The summed E-state index contributed by atoms with van der Waals surface area (Å²) in [6.07, 6.45) is 0. The molecule has 0 spiro atoms. The lowest BCUT2D eigenvalue weighted by molar-refractivity contribution is 0.312. The molecule has 0 fully saturated rings. The van der Waals surface area contributed by atoms with E-state index in [1.54, 1.807) is 0 Å². The number of nitrogens with zero attached hydrogens (tertiary/aromatic N) is 3. The maximum atomic E-state index is 5.65. The van der Waals surface area contributed by atoms with E-state index < -0.39 is 0 Å². The van der Waals surface area contributed by atoms with Crippen molar-refractivity contribution < 1.29 is 4.74 Å². The van der Waals surface area contributed by atoms with Crippen molar-refractivity contribution in [2.45, 2.75) is 6.92 Å². The van der Waals surface area contributed by atoms with E-state index in [-0.39, 0.29) is 12.0 Å². The molecule has 0 radical (unpaired) electrons. The first-order valence-electron chi connectivity index (χ1n) is 6.65. The van der Waals surface area contributed by atoms with Gasteiger partial charge in [0.25, 0.3) is 0 Å². The molecule has 0 unspecified atom stereocenters. The van der Waals surface area contributed by atoms with Gasteiger partial charge >= 0.3 is 6.01 Å². The van der Waals surface area contributed by atoms with E-state index in [1.807, 2.05) is 43.3 Å². The lowest BCUT2D eigenvalue weighted by Gasteiger charge is -2.08. The van der Waals surface area contributed by atoms with Crippen LogP contribution in [0.1, 0.15) is 6.92 Å². The highest BCUT2D eigenvalue weighted by molar-refractivity contribution is 5.86. The van der Waals surface area contributed by atoms with Gasteiger partial charge in [-0.15, -0.1) is 0 Å². The summed E-state index contributed by atoms with van der Waals surface area (Å²) in [5.74, 6) is 0.484. The number of nitrogens with one attached hydrogen (secondary N) is 1. The number of anilines is 3. The second-order valence-electron chi connectivity index (χ2n) is 4.42. The Morgan fingerprint density at radius 2 is 1.86 bits per heavy atom. The van der Waals surface area contributed by atoms with Crippen molar-refractivity contribution in [3.8, 4) is 6.01 Å². The van der Waals surface area contributed by atoms with Crippen molar-refractivity contribution in [2.75, 3.05) is 17.7 Å². The molecule has 6 heteroatoms. The van der Waals surface area contributed by atoms with Crippen LogP contribution >= 0.6 is 0 Å². The molecule has 1 heterocycles. The first kappa shape index (κ1) is 13.1. The van der Waals surface area contributed by atoms with Gasteiger partial charge in [-0.25, -0.2) is 0 Å². The Kier molecular flexibility index (Phi) is 3.51. The highest BCUT2D eigenvalue weighted by atomic mass is 16.5. The van der Waals surface area contributed by atoms with Gasteiger partial charge in [0.2, 0.25) is 11.9 Å². The predicted octanol–water partition coefficient (Wildman–Crippen LogP) is 2.75. The van der Waals surface area contributed by atoms with E-state index in [0.717, 1.165) is 11.1 Å². The summed E-state index contributed by atoms with van der Waals surface area (Å²) in [5, 5.41) is 5.42. The molecule has 0 atom stereocenters. The largest absolute Gasteiger partial charge is 0.464 e. The fraction of sp³-hybridized carbons (Fsp3) is 0.133. The Labute approximate surface area is 122 Å². The summed E-state index contributed by atoms with van der Waals surface area (Å²) in [7, 11) is 0. The Morgan fingerprint density at radius 3 is 2.67 bits per heavy atom. The van der Waals surface area contributed by atoms with Crippen LogP contribution in [0.4, 0.5) is 17.6 Å². The summed E-state index contributed by atoms with van der Waals surface area (Å²) in [6, 6.07) is 14.4. The number of hydrogen-bond acceptors (Lipinski definition) is 6. The topological polar surface area (TPSA) is 86.0 Å². The van der Waals surface area contributed by atoms with Gasteiger partial charge in [0, 0.05) is 5.69 Å². The van der Waals surface area contributed by atoms with Crippen LogP contribution in [0, 0.1) is 0 Å². The minimum atomic E-state index is 0.122. The van der Waals surface area contributed by atoms with Crippen molar-refractivity contribution in [2.24, 2.45) is 0 Å². The van der Waals surface area contributed by atoms with Crippen LogP contribution in [0.5, 0.6) is 6.01 Å². The van der Waals surface area contributed by atoms with Crippen LogP contribution in [0.2, 0.25) is 0 Å². The van der Waals surface area contributed by atoms with Crippen LogP contribution in [0.25, 0.3) is 10.8 Å². The Bertz CT molecular complexity index is 775. The lowest BCUT2D eigenvalue weighted by atomic mass is 10.1. The quantitative estimate of drug-likeness (QED) is 0.764. The zero-order valence-corrected chi connectivity index (χ0v) is 11.6. The number of hydrogen-bond donors (Lipinski definition) is 2. The van der Waals surface area contributed by atoms with Gasteiger partial charge in [-0.05, 0) is 29.8 Å². The molecule has 0 bridgehead atoms. The molecule has 0 aliphatic carbocycles. The highest BCUT2D eigenvalue weighted by Gasteiger charge is 2.05. The van der Waals surface area contributed by atoms with Crippen LogP contribution in [0.15, 0.2) is 42.5 Å². The van der Waals surface area contributed by atoms with Crippen molar-refractivity contribution in [1.82, 2.24) is 15.0 Å². The van der Waals surface area contributed by atoms with Gasteiger partial charge in [0.1, 0.15) is 0 Å². The molecule has 0 saturated carbocycles. The number of nitrogens with two attached hydrogens (primary N) is 1. The average Bonchev–Trinajstić information content (AvgIpc) is 2.47. The van der Waals surface area contributed by atoms with Gasteiger partial charge in [-0.3, -0.25) is 0 Å². The van der Waals surface area contributed by atoms with Gasteiger partial charge in [-0.2, -0.15) is 15.0 Å². The summed E-state index contributed by atoms with van der Waals surface area (Å²) in [6.45, 7) is 2.33. The Balaban J connectivity index is 1.90. The number of ether oxygens (including phenoxy) is 1. The first-order valence-corrected chi connectivity index (χ1v) is 6.65. The molecular formula is C15H15N5O. The van der Waals surface area contributed by atoms with E-state index in [4.69, 9.17) is 10.5 Å². The maximum absolute atomic E-state index is 5.65. The van der Waals surface area contributed by atoms with Crippen LogP contribution in [0.3, 0.4) is 0 Å². The molecule has 21 heavy (non-hydrogen) atoms. The molecule has 3 N–H and O–H groups in total. The summed E-state index contributed by atoms with van der Waals surface area (Å²) in [4.78, 5) is 12.1. The van der Waals surface area contributed by atoms with Gasteiger partial charge in [0.05, 0.1) is 6.61 Å². The Morgan fingerprint density at radius 1 is 1.05 bits per heavy atom. The third kappa shape index (κ3) is 3.00. The van der Waals surface area contributed by atoms with Gasteiger partial charge in [0.15, 0.2) is 0 Å². The first-order chi connectivity index (χ1) is 10.2. The number of nitrogen functional groups attached to an aromatic ring is 1. The lowest BCUT2D eigenvalue weighted by Crippen LogP contribution is -2.06. The smallest absolute Gasteiger partial charge is 0.323 e. The molecule has 2 aromatic carbocycles. The molecule has 0 aliphatic rings. The maximum Gasteiger partial charge on any atom is 0.323 e. The summed E-state index contributed by atoms with van der Waals surface area (Å²) >= 11 is 0. The zero-order valence-electron chi connectivity index (χ0n) is 11.6. The van der Waals surface area contributed by atoms with Gasteiger partial charge < -0.3 is 15.8 Å². The third-order valence-electron chi connectivity index (χ3n) is 2.91. The number of fused-ring (bicyclic) bond motifs is 1. The molecule has 0 saturated heterocycles. The molecule has 3 aromatic rings. The highest BCUT2D eigenvalue weighted by Crippen LogP contribution is 2.21. The van der Waals surface area contributed by atoms with E-state index in [0.29, 0.717) is 12.6 Å². The third-order valence-corrected chi connectivity index (χ3v) is 2.91. The van der Waals surface area contributed by atoms with E-state index in [2.05, 4.69) is 26.3 Å². The zero-order chi connectivity index (χ0) is 14.7. The normalized spacial score (nSPS) is 10.5. The van der Waals surface area contributed by atoms with Crippen molar-refractivity contribution in [1.29, 1.82) is 0 Å². The molecule has 0 amide bonds. The monoisotopic (exact) mass is 281 g/mol. The van der Waals surface area contributed by atoms with E-state index >= 15 is 0 Å². The molecule has 106 valence electrons. The van der Waals surface area contributed by atoms with Crippen molar-refractivity contribution in [3.05, 3.63) is 42.5 Å². The average molecular weight is 281 g/mol.